The van der Waals surface area contributed by atoms with Gasteiger partial charge in [-0.25, -0.2) is 18.5 Å². The van der Waals surface area contributed by atoms with Gasteiger partial charge in [-0.3, -0.25) is 4.57 Å². The minimum absolute atomic E-state index is 0.0429. The minimum Gasteiger partial charge on any atom is -0.506 e. The summed E-state index contributed by atoms with van der Waals surface area (Å²) >= 11 is 0. The Kier molecular flexibility index (Phi) is 10.4. The second-order valence-corrected chi connectivity index (χ2v) is 9.61. The topological polar surface area (TPSA) is 149 Å². The van der Waals surface area contributed by atoms with E-state index >= 15 is 0 Å². The molecule has 0 radical (unpaired) electrons. The van der Waals surface area contributed by atoms with E-state index in [1.807, 2.05) is 32.9 Å². The van der Waals surface area contributed by atoms with Gasteiger partial charge in [0.2, 0.25) is 5.95 Å². The van der Waals surface area contributed by atoms with Crippen LogP contribution >= 0.6 is 0 Å². The van der Waals surface area contributed by atoms with Crippen LogP contribution in [0.3, 0.4) is 0 Å². The lowest BCUT2D eigenvalue weighted by atomic mass is 10.0. The SMILES string of the molecule is C\C=C(/C=C(C)\C=C(/C)CC)n1c(=O)nc(NC2=C/C(=C/NC)C(=N)C=C2O)n(Cc2cc(C#N)ccc2CF)c1=O. The van der Waals surface area contributed by atoms with Crippen LogP contribution in [0.2, 0.25) is 0 Å². The van der Waals surface area contributed by atoms with Gasteiger partial charge < -0.3 is 21.1 Å². The highest BCUT2D eigenvalue weighted by Crippen LogP contribution is 2.21. The van der Waals surface area contributed by atoms with E-state index in [1.54, 1.807) is 32.3 Å². The molecule has 0 amide bonds. The Morgan fingerprint density at radius 1 is 1.21 bits per heavy atom. The van der Waals surface area contributed by atoms with Crippen LogP contribution in [0.25, 0.3) is 5.70 Å². The molecule has 3 rings (SSSR count). The maximum absolute atomic E-state index is 14.0. The Morgan fingerprint density at radius 2 is 1.95 bits per heavy atom. The summed E-state index contributed by atoms with van der Waals surface area (Å²) < 4.78 is 16.0. The van der Waals surface area contributed by atoms with E-state index in [0.29, 0.717) is 16.8 Å². The summed E-state index contributed by atoms with van der Waals surface area (Å²) in [6.45, 7) is 6.48. The fourth-order valence-corrected chi connectivity index (χ4v) is 4.24. The Hall–Kier alpha value is -5.24. The number of aromatic nitrogens is 3. The third-order valence-electron chi connectivity index (χ3n) is 6.55. The van der Waals surface area contributed by atoms with Crippen molar-refractivity contribution in [3.63, 3.8) is 0 Å². The number of hydrogen-bond acceptors (Lipinski definition) is 8. The number of allylic oxidation sites excluding steroid dienone is 9. The maximum Gasteiger partial charge on any atom is 0.359 e. The molecule has 10 nitrogen and oxygen atoms in total. The molecule has 1 aromatic carbocycles. The molecule has 2 aromatic rings. The van der Waals surface area contributed by atoms with E-state index in [0.717, 1.165) is 26.7 Å². The second-order valence-electron chi connectivity index (χ2n) is 9.61. The molecule has 0 atom stereocenters. The highest BCUT2D eigenvalue weighted by molar-refractivity contribution is 6.10. The summed E-state index contributed by atoms with van der Waals surface area (Å²) in [6.07, 6.45) is 10.3. The van der Waals surface area contributed by atoms with Gasteiger partial charge in [0.15, 0.2) is 0 Å². The molecule has 0 unspecified atom stereocenters. The van der Waals surface area contributed by atoms with Gasteiger partial charge >= 0.3 is 11.4 Å². The number of benzene rings is 1. The quantitative estimate of drug-likeness (QED) is 0.298. The lowest BCUT2D eigenvalue weighted by Gasteiger charge is -2.20. The normalized spacial score (nSPS) is 15.3. The number of nitriles is 1. The number of anilines is 1. The van der Waals surface area contributed by atoms with Crippen LogP contribution in [0, 0.1) is 16.7 Å². The molecular formula is C31H34FN7O3. The van der Waals surface area contributed by atoms with Crippen molar-refractivity contribution in [3.8, 4) is 6.07 Å². The van der Waals surface area contributed by atoms with Crippen molar-refractivity contribution < 1.29 is 9.50 Å². The third kappa shape index (κ3) is 7.09. The van der Waals surface area contributed by atoms with E-state index in [1.165, 1.54) is 30.4 Å². The van der Waals surface area contributed by atoms with E-state index < -0.39 is 18.1 Å². The molecule has 0 aliphatic heterocycles. The molecule has 0 saturated heterocycles. The molecule has 4 N–H and O–H groups in total. The average molecular weight is 572 g/mol. The summed E-state index contributed by atoms with van der Waals surface area (Å²) in [5.41, 5.74) is 2.02. The van der Waals surface area contributed by atoms with Crippen LogP contribution in [0.1, 0.15) is 50.8 Å². The van der Waals surface area contributed by atoms with E-state index in [9.17, 15) is 24.3 Å². The van der Waals surface area contributed by atoms with Crippen molar-refractivity contribution in [2.24, 2.45) is 0 Å². The first-order valence-corrected chi connectivity index (χ1v) is 13.3. The molecule has 42 heavy (non-hydrogen) atoms. The monoisotopic (exact) mass is 571 g/mol. The van der Waals surface area contributed by atoms with Gasteiger partial charge in [0.25, 0.3) is 0 Å². The summed E-state index contributed by atoms with van der Waals surface area (Å²) in [7, 11) is 1.66. The van der Waals surface area contributed by atoms with Gasteiger partial charge in [0.05, 0.1) is 35.3 Å². The van der Waals surface area contributed by atoms with Gasteiger partial charge in [-0.1, -0.05) is 30.7 Å². The fraction of sp³-hybridized carbons (Fsp3) is 0.258. The van der Waals surface area contributed by atoms with Crippen molar-refractivity contribution in [2.45, 2.75) is 47.3 Å². The maximum atomic E-state index is 14.0. The van der Waals surface area contributed by atoms with Gasteiger partial charge in [-0.15, -0.1) is 0 Å². The van der Waals surface area contributed by atoms with Gasteiger partial charge in [0, 0.05) is 24.9 Å². The van der Waals surface area contributed by atoms with Gasteiger partial charge in [-0.05, 0) is 68.2 Å². The van der Waals surface area contributed by atoms with Gasteiger partial charge in [-0.2, -0.15) is 10.2 Å². The molecule has 0 saturated carbocycles. The number of halogens is 1. The second kappa shape index (κ2) is 13.9. The molecule has 218 valence electrons. The number of hydrogen-bond donors (Lipinski definition) is 4. The molecule has 0 fully saturated rings. The molecule has 1 aliphatic rings. The van der Waals surface area contributed by atoms with Gasteiger partial charge in [0.1, 0.15) is 12.4 Å². The van der Waals surface area contributed by atoms with E-state index in [4.69, 9.17) is 5.41 Å². The van der Waals surface area contributed by atoms with Crippen LogP contribution in [-0.2, 0) is 13.2 Å². The van der Waals surface area contributed by atoms with Crippen LogP contribution in [0.5, 0.6) is 0 Å². The minimum atomic E-state index is -0.873. The number of alkyl halides is 1. The molecule has 0 bridgehead atoms. The largest absolute Gasteiger partial charge is 0.506 e. The number of nitrogens with one attached hydrogen (secondary N) is 3. The summed E-state index contributed by atoms with van der Waals surface area (Å²) in [5, 5.41) is 33.7. The van der Waals surface area contributed by atoms with Crippen LogP contribution < -0.4 is 22.0 Å². The van der Waals surface area contributed by atoms with Crippen LogP contribution in [0.4, 0.5) is 10.3 Å². The Labute approximate surface area is 243 Å². The van der Waals surface area contributed by atoms with Crippen molar-refractivity contribution in [1.29, 1.82) is 10.7 Å². The number of nitrogens with zero attached hydrogens (tertiary/aromatic N) is 4. The number of aliphatic hydroxyl groups is 1. The van der Waals surface area contributed by atoms with Crippen LogP contribution in [0.15, 0.2) is 92.5 Å². The lowest BCUT2D eigenvalue weighted by Crippen LogP contribution is -2.42. The molecule has 0 spiro atoms. The first kappa shape index (κ1) is 31.3. The van der Waals surface area contributed by atoms with Crippen LogP contribution in [-0.4, -0.2) is 32.0 Å². The zero-order chi connectivity index (χ0) is 31.0. The highest BCUT2D eigenvalue weighted by Gasteiger charge is 2.21. The predicted octanol–water partition coefficient (Wildman–Crippen LogP) is 4.83. The molecule has 11 heteroatoms. The fourth-order valence-electron chi connectivity index (χ4n) is 4.24. The smallest absolute Gasteiger partial charge is 0.359 e. The lowest BCUT2D eigenvalue weighted by molar-refractivity contribution is 0.424. The summed E-state index contributed by atoms with van der Waals surface area (Å²) in [6, 6.07) is 6.45. The van der Waals surface area contributed by atoms with Crippen molar-refractivity contribution in [3.05, 3.63) is 121 Å². The predicted molar refractivity (Wildman–Crippen MR) is 163 cm³/mol. The van der Waals surface area contributed by atoms with Crippen molar-refractivity contribution in [2.75, 3.05) is 12.4 Å². The van der Waals surface area contributed by atoms with E-state index in [2.05, 4.69) is 15.6 Å². The third-order valence-corrected chi connectivity index (χ3v) is 6.55. The Bertz CT molecular complexity index is 1740. The molecule has 1 heterocycles. The van der Waals surface area contributed by atoms with E-state index in [-0.39, 0.29) is 40.8 Å². The average Bonchev–Trinajstić information content (AvgIpc) is 2.96. The van der Waals surface area contributed by atoms with Crippen molar-refractivity contribution in [1.82, 2.24) is 19.4 Å². The summed E-state index contributed by atoms with van der Waals surface area (Å²) in [5.74, 6) is -0.519. The molecule has 1 aromatic heterocycles. The molecular weight excluding hydrogens is 537 g/mol. The number of aliphatic hydroxyl groups excluding tert-OH is 1. The zero-order valence-corrected chi connectivity index (χ0v) is 24.2. The first-order valence-electron chi connectivity index (χ1n) is 13.3. The Balaban J connectivity index is 2.28. The first-order chi connectivity index (χ1) is 20.1. The number of rotatable bonds is 10. The molecule has 1 aliphatic carbocycles. The highest BCUT2D eigenvalue weighted by atomic mass is 19.1. The zero-order valence-electron chi connectivity index (χ0n) is 24.2. The van der Waals surface area contributed by atoms with Crippen molar-refractivity contribution >= 4 is 17.4 Å². The summed E-state index contributed by atoms with van der Waals surface area (Å²) in [4.78, 5) is 31.5. The Morgan fingerprint density at radius 3 is 2.57 bits per heavy atom. The standard InChI is InChI=1S/C31H34FN7O3/c1-6-19(3)10-20(4)11-25(7-2)39-30(41)37-29(36-27-13-23(17-35-5)26(34)14-28(27)40)38(31(39)42)18-24-12-21(16-33)8-9-22(24)15-32/h7-14,17,34-35,40H,6,15,18H2,1-5H3,(H,36,37,41)/b19-10+,20-11-,23-17-,25-7+,34-26?.